The zero-order valence-corrected chi connectivity index (χ0v) is 16.0. The van der Waals surface area contributed by atoms with E-state index < -0.39 is 10.0 Å². The van der Waals surface area contributed by atoms with Crippen molar-refractivity contribution in [2.45, 2.75) is 23.8 Å². The molecule has 1 aromatic heterocycles. The van der Waals surface area contributed by atoms with Crippen LogP contribution < -0.4 is 19.5 Å². The van der Waals surface area contributed by atoms with E-state index in [0.29, 0.717) is 18.1 Å². The van der Waals surface area contributed by atoms with E-state index in [9.17, 15) is 8.42 Å². The number of ether oxygens (including phenoxy) is 3. The molecule has 1 saturated heterocycles. The summed E-state index contributed by atoms with van der Waals surface area (Å²) in [7, 11) is -1.01. The Bertz CT molecular complexity index is 867. The lowest BCUT2D eigenvalue weighted by atomic mass is 10.2. The van der Waals surface area contributed by atoms with Gasteiger partial charge in [0.25, 0.3) is 10.0 Å². The summed E-state index contributed by atoms with van der Waals surface area (Å²) in [6.45, 7) is 1.43. The van der Waals surface area contributed by atoms with Crippen LogP contribution in [0.2, 0.25) is 0 Å². The average Bonchev–Trinajstić information content (AvgIpc) is 3.20. The first kappa shape index (κ1) is 19.2. The highest BCUT2D eigenvalue weighted by molar-refractivity contribution is 7.92. The van der Waals surface area contributed by atoms with Gasteiger partial charge in [-0.3, -0.25) is 4.72 Å². The fourth-order valence-corrected chi connectivity index (χ4v) is 3.84. The largest absolute Gasteiger partial charge is 0.497 e. The number of benzene rings is 1. The maximum Gasteiger partial charge on any atom is 0.266 e. The molecule has 0 amide bonds. The van der Waals surface area contributed by atoms with Gasteiger partial charge >= 0.3 is 0 Å². The van der Waals surface area contributed by atoms with Gasteiger partial charge in [-0.05, 0) is 37.1 Å². The maximum absolute atomic E-state index is 12.6. The molecule has 2 heterocycles. The molecule has 0 bridgehead atoms. The van der Waals surface area contributed by atoms with Gasteiger partial charge in [-0.2, -0.15) is 0 Å². The van der Waals surface area contributed by atoms with Crippen LogP contribution in [0, 0.1) is 0 Å². The number of nitrogens with one attached hydrogen (secondary N) is 2. The van der Waals surface area contributed by atoms with E-state index >= 15 is 0 Å². The van der Waals surface area contributed by atoms with Crippen LogP contribution in [0.15, 0.2) is 35.2 Å². The molecular weight excluding hydrogens is 372 g/mol. The molecule has 0 aliphatic carbocycles. The molecule has 1 aliphatic heterocycles. The number of aromatic nitrogens is 2. The fourth-order valence-electron chi connectivity index (χ4n) is 2.69. The molecule has 1 unspecified atom stereocenters. The summed E-state index contributed by atoms with van der Waals surface area (Å²) in [6.07, 6.45) is 2.25. The molecule has 2 N–H and O–H groups in total. The zero-order chi connectivity index (χ0) is 19.3. The highest BCUT2D eigenvalue weighted by Gasteiger charge is 2.21. The molecule has 1 fully saturated rings. The standard InChI is InChI=1S/C17H22N4O5S/c1-24-12-5-6-15(14(10-12)25-2)27(22,23)21-17-8-7-16(19-20-17)18-11-13-4-3-9-26-13/h5-8,10,13H,3-4,9,11H2,1-2H3,(H,18,19)(H,20,21). The summed E-state index contributed by atoms with van der Waals surface area (Å²) in [6, 6.07) is 7.65. The Morgan fingerprint density at radius 2 is 1.93 bits per heavy atom. The molecule has 0 spiro atoms. The van der Waals surface area contributed by atoms with E-state index in [1.165, 1.54) is 26.4 Å². The average molecular weight is 394 g/mol. The van der Waals surface area contributed by atoms with Gasteiger partial charge in [0.2, 0.25) is 0 Å². The van der Waals surface area contributed by atoms with Crippen LogP contribution in [0.25, 0.3) is 0 Å². The predicted molar refractivity (Wildman–Crippen MR) is 99.9 cm³/mol. The van der Waals surface area contributed by atoms with Crippen molar-refractivity contribution in [1.82, 2.24) is 10.2 Å². The second kappa shape index (κ2) is 8.40. The SMILES string of the molecule is COc1ccc(S(=O)(=O)Nc2ccc(NCC3CCCO3)nn2)c(OC)c1. The van der Waals surface area contributed by atoms with Crippen molar-refractivity contribution in [3.63, 3.8) is 0 Å². The maximum atomic E-state index is 12.6. The molecule has 10 heteroatoms. The molecule has 27 heavy (non-hydrogen) atoms. The molecule has 146 valence electrons. The Balaban J connectivity index is 1.68. The number of sulfonamides is 1. The first-order valence-electron chi connectivity index (χ1n) is 8.46. The summed E-state index contributed by atoms with van der Waals surface area (Å²) in [5, 5.41) is 11.0. The van der Waals surface area contributed by atoms with Gasteiger partial charge in [0.15, 0.2) is 5.82 Å². The Morgan fingerprint density at radius 1 is 1.15 bits per heavy atom. The van der Waals surface area contributed by atoms with Gasteiger partial charge in [0, 0.05) is 19.2 Å². The lowest BCUT2D eigenvalue weighted by Crippen LogP contribution is -2.19. The number of hydrogen-bond donors (Lipinski definition) is 2. The van der Waals surface area contributed by atoms with Gasteiger partial charge in [0.1, 0.15) is 22.2 Å². The van der Waals surface area contributed by atoms with E-state index in [-0.39, 0.29) is 22.6 Å². The van der Waals surface area contributed by atoms with Crippen molar-refractivity contribution in [2.75, 3.05) is 37.4 Å². The number of anilines is 2. The second-order valence-corrected chi connectivity index (χ2v) is 7.59. The monoisotopic (exact) mass is 394 g/mol. The second-order valence-electron chi connectivity index (χ2n) is 5.94. The Hall–Kier alpha value is -2.59. The van der Waals surface area contributed by atoms with Crippen molar-refractivity contribution < 1.29 is 22.6 Å². The van der Waals surface area contributed by atoms with Crippen LogP contribution in [0.4, 0.5) is 11.6 Å². The first-order valence-corrected chi connectivity index (χ1v) is 9.94. The first-order chi connectivity index (χ1) is 13.0. The predicted octanol–water partition coefficient (Wildman–Crippen LogP) is 1.89. The normalized spacial score (nSPS) is 16.7. The molecule has 0 radical (unpaired) electrons. The summed E-state index contributed by atoms with van der Waals surface area (Å²) in [4.78, 5) is -0.0202. The number of rotatable bonds is 8. The van der Waals surface area contributed by atoms with E-state index in [1.54, 1.807) is 18.2 Å². The van der Waals surface area contributed by atoms with Crippen LogP contribution in [-0.2, 0) is 14.8 Å². The minimum Gasteiger partial charge on any atom is -0.497 e. The smallest absolute Gasteiger partial charge is 0.266 e. The van der Waals surface area contributed by atoms with E-state index in [0.717, 1.165) is 19.4 Å². The molecule has 1 aromatic carbocycles. The van der Waals surface area contributed by atoms with Crippen molar-refractivity contribution in [3.05, 3.63) is 30.3 Å². The third-order valence-electron chi connectivity index (χ3n) is 4.10. The molecular formula is C17H22N4O5S. The topological polar surface area (TPSA) is 112 Å². The summed E-state index contributed by atoms with van der Waals surface area (Å²) >= 11 is 0. The Kier molecular flexibility index (Phi) is 5.97. The minimum absolute atomic E-state index is 0.0202. The molecule has 1 atom stereocenters. The molecule has 3 rings (SSSR count). The van der Waals surface area contributed by atoms with Crippen LogP contribution in [-0.4, -0.2) is 52.1 Å². The van der Waals surface area contributed by atoms with Crippen molar-refractivity contribution >= 4 is 21.7 Å². The molecule has 9 nitrogen and oxygen atoms in total. The van der Waals surface area contributed by atoms with Gasteiger partial charge in [-0.1, -0.05) is 0 Å². The van der Waals surface area contributed by atoms with Crippen molar-refractivity contribution in [3.8, 4) is 11.5 Å². The van der Waals surface area contributed by atoms with Crippen LogP contribution >= 0.6 is 0 Å². The third-order valence-corrected chi connectivity index (χ3v) is 5.49. The lowest BCUT2D eigenvalue weighted by Gasteiger charge is -2.13. The number of methoxy groups -OCH3 is 2. The summed E-state index contributed by atoms with van der Waals surface area (Å²) < 4.78 is 43.4. The quantitative estimate of drug-likeness (QED) is 0.698. The Labute approximate surface area is 158 Å². The number of hydrogen-bond acceptors (Lipinski definition) is 8. The van der Waals surface area contributed by atoms with Crippen molar-refractivity contribution in [1.29, 1.82) is 0 Å². The fraction of sp³-hybridized carbons (Fsp3) is 0.412. The highest BCUT2D eigenvalue weighted by atomic mass is 32.2. The van der Waals surface area contributed by atoms with Crippen LogP contribution in [0.3, 0.4) is 0 Å². The molecule has 0 saturated carbocycles. The van der Waals surface area contributed by atoms with E-state index in [4.69, 9.17) is 14.2 Å². The molecule has 1 aliphatic rings. The van der Waals surface area contributed by atoms with Crippen molar-refractivity contribution in [2.24, 2.45) is 0 Å². The molecule has 2 aromatic rings. The van der Waals surface area contributed by atoms with Crippen LogP contribution in [0.1, 0.15) is 12.8 Å². The number of nitrogens with zero attached hydrogens (tertiary/aromatic N) is 2. The van der Waals surface area contributed by atoms with E-state index in [2.05, 4.69) is 20.2 Å². The van der Waals surface area contributed by atoms with Gasteiger partial charge < -0.3 is 19.5 Å². The lowest BCUT2D eigenvalue weighted by molar-refractivity contribution is 0.120. The Morgan fingerprint density at radius 3 is 2.56 bits per heavy atom. The van der Waals surface area contributed by atoms with Gasteiger partial charge in [0.05, 0.1) is 20.3 Å². The highest BCUT2D eigenvalue weighted by Crippen LogP contribution is 2.29. The zero-order valence-electron chi connectivity index (χ0n) is 15.1. The van der Waals surface area contributed by atoms with Crippen LogP contribution in [0.5, 0.6) is 11.5 Å². The van der Waals surface area contributed by atoms with E-state index in [1.807, 2.05) is 0 Å². The van der Waals surface area contributed by atoms with Gasteiger partial charge in [-0.15, -0.1) is 10.2 Å². The third kappa shape index (κ3) is 4.77. The minimum atomic E-state index is -3.89. The summed E-state index contributed by atoms with van der Waals surface area (Å²) in [5.74, 6) is 1.32. The summed E-state index contributed by atoms with van der Waals surface area (Å²) in [5.41, 5.74) is 0. The van der Waals surface area contributed by atoms with Gasteiger partial charge in [-0.25, -0.2) is 8.42 Å².